The average molecular weight is 338 g/mol. The largest absolute Gasteiger partial charge is 0.368 e. The van der Waals surface area contributed by atoms with Gasteiger partial charge in [-0.2, -0.15) is 0 Å². The Bertz CT molecular complexity index is 725. The van der Waals surface area contributed by atoms with E-state index in [0.717, 1.165) is 19.3 Å². The van der Waals surface area contributed by atoms with E-state index in [2.05, 4.69) is 10.6 Å². The van der Waals surface area contributed by atoms with Crippen molar-refractivity contribution in [1.29, 1.82) is 0 Å². The molecular weight excluding hydrogens is 316 g/mol. The van der Waals surface area contributed by atoms with Crippen molar-refractivity contribution in [2.45, 2.75) is 25.4 Å². The molecule has 0 aliphatic carbocycles. The molecule has 3 rings (SSSR count). The van der Waals surface area contributed by atoms with Crippen LogP contribution < -0.4 is 10.6 Å². The van der Waals surface area contributed by atoms with Crippen LogP contribution in [0.4, 0.5) is 5.69 Å². The molecule has 2 N–H and O–H groups in total. The highest BCUT2D eigenvalue weighted by Crippen LogP contribution is 2.16. The van der Waals surface area contributed by atoms with E-state index in [1.54, 1.807) is 24.3 Å². The Morgan fingerprint density at radius 1 is 1.08 bits per heavy atom. The predicted octanol–water partition coefficient (Wildman–Crippen LogP) is 2.78. The van der Waals surface area contributed by atoms with Gasteiger partial charge in [0.15, 0.2) is 0 Å². The van der Waals surface area contributed by atoms with Gasteiger partial charge in [0.1, 0.15) is 6.10 Å². The van der Waals surface area contributed by atoms with Crippen LogP contribution in [-0.2, 0) is 16.0 Å². The van der Waals surface area contributed by atoms with Gasteiger partial charge in [-0.3, -0.25) is 9.59 Å². The third-order valence-corrected chi connectivity index (χ3v) is 4.16. The first-order valence-electron chi connectivity index (χ1n) is 8.57. The molecule has 1 saturated heterocycles. The molecule has 25 heavy (non-hydrogen) atoms. The van der Waals surface area contributed by atoms with Gasteiger partial charge < -0.3 is 15.4 Å². The molecule has 0 radical (unpaired) electrons. The van der Waals surface area contributed by atoms with Crippen LogP contribution in [0, 0.1) is 0 Å². The van der Waals surface area contributed by atoms with E-state index < -0.39 is 0 Å². The van der Waals surface area contributed by atoms with Crippen LogP contribution in [0.5, 0.6) is 0 Å². The molecule has 0 bridgehead atoms. The second kappa shape index (κ2) is 8.44. The summed E-state index contributed by atoms with van der Waals surface area (Å²) in [6.45, 7) is 1.19. The van der Waals surface area contributed by atoms with Crippen LogP contribution in [0.25, 0.3) is 0 Å². The topological polar surface area (TPSA) is 67.4 Å². The number of ether oxygens (including phenoxy) is 1. The number of amides is 2. The molecule has 0 spiro atoms. The maximum Gasteiger partial charge on any atom is 0.253 e. The van der Waals surface area contributed by atoms with Gasteiger partial charge in [0.05, 0.1) is 0 Å². The number of benzene rings is 2. The first kappa shape index (κ1) is 17.2. The molecule has 1 heterocycles. The average Bonchev–Trinajstić information content (AvgIpc) is 3.18. The lowest BCUT2D eigenvalue weighted by molar-refractivity contribution is -0.124. The summed E-state index contributed by atoms with van der Waals surface area (Å²) in [4.78, 5) is 24.4. The van der Waals surface area contributed by atoms with Crippen molar-refractivity contribution in [2.24, 2.45) is 0 Å². The predicted molar refractivity (Wildman–Crippen MR) is 96.5 cm³/mol. The van der Waals surface area contributed by atoms with Crippen LogP contribution >= 0.6 is 0 Å². The van der Waals surface area contributed by atoms with Crippen LogP contribution in [0.3, 0.4) is 0 Å². The Morgan fingerprint density at radius 2 is 1.92 bits per heavy atom. The van der Waals surface area contributed by atoms with E-state index in [9.17, 15) is 9.59 Å². The van der Waals surface area contributed by atoms with Crippen molar-refractivity contribution in [3.05, 3.63) is 65.7 Å². The number of anilines is 1. The molecule has 2 amide bonds. The zero-order valence-corrected chi connectivity index (χ0v) is 14.0. The van der Waals surface area contributed by atoms with Gasteiger partial charge in [-0.1, -0.05) is 36.4 Å². The van der Waals surface area contributed by atoms with Crippen molar-refractivity contribution in [1.82, 2.24) is 5.32 Å². The highest BCUT2D eigenvalue weighted by Gasteiger charge is 2.23. The summed E-state index contributed by atoms with van der Waals surface area (Å²) in [5.74, 6) is -0.303. The second-order valence-corrected chi connectivity index (χ2v) is 6.06. The van der Waals surface area contributed by atoms with Crippen molar-refractivity contribution in [2.75, 3.05) is 18.5 Å². The number of nitrogens with one attached hydrogen (secondary N) is 2. The molecule has 0 saturated carbocycles. The fourth-order valence-electron chi connectivity index (χ4n) is 2.81. The van der Waals surface area contributed by atoms with Gasteiger partial charge in [-0.15, -0.1) is 0 Å². The normalized spacial score (nSPS) is 16.4. The number of hydrogen-bond acceptors (Lipinski definition) is 3. The minimum Gasteiger partial charge on any atom is -0.368 e. The highest BCUT2D eigenvalue weighted by molar-refractivity contribution is 5.98. The van der Waals surface area contributed by atoms with Gasteiger partial charge in [0, 0.05) is 24.4 Å². The monoisotopic (exact) mass is 338 g/mol. The third kappa shape index (κ3) is 4.90. The minimum absolute atomic E-state index is 0.149. The SMILES string of the molecule is O=C(NCCc1ccccc1)c1cccc(NC(=O)[C@@H]2CCCO2)c1. The number of carbonyl (C=O) groups is 2. The van der Waals surface area contributed by atoms with Crippen LogP contribution in [0.1, 0.15) is 28.8 Å². The molecule has 130 valence electrons. The minimum atomic E-state index is -0.386. The zero-order chi connectivity index (χ0) is 17.5. The molecule has 0 unspecified atom stereocenters. The molecule has 0 aromatic heterocycles. The van der Waals surface area contributed by atoms with E-state index in [4.69, 9.17) is 4.74 Å². The van der Waals surface area contributed by atoms with E-state index in [1.807, 2.05) is 30.3 Å². The highest BCUT2D eigenvalue weighted by atomic mass is 16.5. The fourth-order valence-corrected chi connectivity index (χ4v) is 2.81. The fraction of sp³-hybridized carbons (Fsp3) is 0.300. The van der Waals surface area contributed by atoms with Crippen molar-refractivity contribution in [3.63, 3.8) is 0 Å². The van der Waals surface area contributed by atoms with Gasteiger partial charge >= 0.3 is 0 Å². The van der Waals surface area contributed by atoms with E-state index in [0.29, 0.717) is 24.4 Å². The van der Waals surface area contributed by atoms with Crippen LogP contribution in [-0.4, -0.2) is 31.1 Å². The smallest absolute Gasteiger partial charge is 0.253 e. The second-order valence-electron chi connectivity index (χ2n) is 6.06. The van der Waals surface area contributed by atoms with Crippen molar-refractivity contribution < 1.29 is 14.3 Å². The van der Waals surface area contributed by atoms with Gasteiger partial charge in [-0.25, -0.2) is 0 Å². The molecule has 1 aliphatic heterocycles. The maximum absolute atomic E-state index is 12.3. The summed E-state index contributed by atoms with van der Waals surface area (Å²) >= 11 is 0. The number of hydrogen-bond donors (Lipinski definition) is 2. The van der Waals surface area contributed by atoms with E-state index in [1.165, 1.54) is 5.56 Å². The quantitative estimate of drug-likeness (QED) is 0.851. The summed E-state index contributed by atoms with van der Waals surface area (Å²) in [7, 11) is 0. The molecule has 1 aliphatic rings. The molecule has 5 nitrogen and oxygen atoms in total. The number of carbonyl (C=O) groups excluding carboxylic acids is 2. The lowest BCUT2D eigenvalue weighted by Crippen LogP contribution is -2.28. The third-order valence-electron chi connectivity index (χ3n) is 4.16. The summed E-state index contributed by atoms with van der Waals surface area (Å²) in [5, 5.41) is 5.72. The summed E-state index contributed by atoms with van der Waals surface area (Å²) < 4.78 is 5.37. The first-order valence-corrected chi connectivity index (χ1v) is 8.57. The molecule has 2 aromatic rings. The maximum atomic E-state index is 12.3. The lowest BCUT2D eigenvalue weighted by Gasteiger charge is -2.11. The van der Waals surface area contributed by atoms with Gasteiger partial charge in [0.2, 0.25) is 0 Å². The van der Waals surface area contributed by atoms with Gasteiger partial charge in [-0.05, 0) is 43.0 Å². The Labute approximate surface area is 147 Å². The Kier molecular flexibility index (Phi) is 5.80. The van der Waals surface area contributed by atoms with Gasteiger partial charge in [0.25, 0.3) is 11.8 Å². The van der Waals surface area contributed by atoms with Crippen LogP contribution in [0.2, 0.25) is 0 Å². The Hall–Kier alpha value is -2.66. The van der Waals surface area contributed by atoms with Crippen molar-refractivity contribution >= 4 is 17.5 Å². The van der Waals surface area contributed by atoms with Crippen molar-refractivity contribution in [3.8, 4) is 0 Å². The molecule has 1 fully saturated rings. The summed E-state index contributed by atoms with van der Waals surface area (Å²) in [6.07, 6.45) is 2.04. The standard InChI is InChI=1S/C20H22N2O3/c23-19(21-12-11-15-6-2-1-3-7-15)16-8-4-9-17(14-16)22-20(24)18-10-5-13-25-18/h1-4,6-9,14,18H,5,10-13H2,(H,21,23)(H,22,24)/t18-/m0/s1. The summed E-state index contributed by atoms with van der Waals surface area (Å²) in [6, 6.07) is 17.0. The summed E-state index contributed by atoms with van der Waals surface area (Å²) in [5.41, 5.74) is 2.31. The molecular formula is C20H22N2O3. The Balaban J connectivity index is 1.53. The van der Waals surface area contributed by atoms with Crippen LogP contribution in [0.15, 0.2) is 54.6 Å². The van der Waals surface area contributed by atoms with E-state index in [-0.39, 0.29) is 17.9 Å². The Morgan fingerprint density at radius 3 is 2.68 bits per heavy atom. The lowest BCUT2D eigenvalue weighted by atomic mass is 10.1. The number of rotatable bonds is 6. The van der Waals surface area contributed by atoms with E-state index >= 15 is 0 Å². The molecule has 2 aromatic carbocycles. The molecule has 1 atom stereocenters. The molecule has 5 heteroatoms. The zero-order valence-electron chi connectivity index (χ0n) is 14.0. The first-order chi connectivity index (χ1) is 12.2.